The van der Waals surface area contributed by atoms with Crippen LogP contribution in [0, 0.1) is 18.6 Å². The molecule has 0 spiro atoms. The Morgan fingerprint density at radius 1 is 0.976 bits per heavy atom. The van der Waals surface area contributed by atoms with E-state index >= 15 is 4.39 Å². The summed E-state index contributed by atoms with van der Waals surface area (Å²) < 4.78 is 41.3. The van der Waals surface area contributed by atoms with Crippen LogP contribution in [0.4, 0.5) is 14.5 Å². The third kappa shape index (κ3) is 6.26. The molecule has 9 nitrogen and oxygen atoms in total. The van der Waals surface area contributed by atoms with Gasteiger partial charge in [0.2, 0.25) is 5.88 Å². The summed E-state index contributed by atoms with van der Waals surface area (Å²) in [6.07, 6.45) is 1.53. The second-order valence-electron chi connectivity index (χ2n) is 9.68. The fourth-order valence-electron chi connectivity index (χ4n) is 4.17. The number of carbonyl (C=O) groups is 1. The van der Waals surface area contributed by atoms with Crippen molar-refractivity contribution in [3.63, 3.8) is 0 Å². The maximum Gasteiger partial charge on any atom is 0.268 e. The normalized spacial score (nSPS) is 11.1. The molecule has 0 aliphatic rings. The van der Waals surface area contributed by atoms with Crippen LogP contribution in [0.2, 0.25) is 0 Å². The maximum absolute atomic E-state index is 15.1. The molecular weight excluding hydrogens is 544 g/mol. The quantitative estimate of drug-likeness (QED) is 0.255. The average Bonchev–Trinajstić information content (AvgIpc) is 2.95. The Kier molecular flexibility index (Phi) is 8.21. The third-order valence-electron chi connectivity index (χ3n) is 6.33. The molecule has 0 aliphatic heterocycles. The highest BCUT2D eigenvalue weighted by Crippen LogP contribution is 2.31. The lowest BCUT2D eigenvalue weighted by atomic mass is 10.2. The van der Waals surface area contributed by atoms with Crippen LogP contribution < -0.4 is 20.3 Å². The number of pyridine rings is 3. The van der Waals surface area contributed by atoms with Crippen molar-refractivity contribution in [2.75, 3.05) is 32.6 Å². The van der Waals surface area contributed by atoms with Gasteiger partial charge in [-0.3, -0.25) is 19.1 Å². The van der Waals surface area contributed by atoms with Crippen LogP contribution in [0.5, 0.6) is 17.4 Å². The average molecular weight is 572 g/mol. The first-order valence-electron chi connectivity index (χ1n) is 13.0. The van der Waals surface area contributed by atoms with Gasteiger partial charge in [-0.1, -0.05) is 0 Å². The van der Waals surface area contributed by atoms with Crippen molar-refractivity contribution in [1.29, 1.82) is 0 Å². The minimum absolute atomic E-state index is 0.102. The number of rotatable bonds is 9. The SMILES string of the molecule is Cc1ccc(C(=O)Nc2ccc(Oc3ccnc4ccc(OCCN(C)C)nc34)c(F)c2)c(=O)n1-c1ccc(F)cc1. The van der Waals surface area contributed by atoms with E-state index in [4.69, 9.17) is 9.47 Å². The first-order valence-corrected chi connectivity index (χ1v) is 13.0. The van der Waals surface area contributed by atoms with Gasteiger partial charge in [0.15, 0.2) is 17.3 Å². The van der Waals surface area contributed by atoms with Crippen LogP contribution >= 0.6 is 0 Å². The molecule has 0 bridgehead atoms. The van der Waals surface area contributed by atoms with Gasteiger partial charge in [0.05, 0.1) is 5.52 Å². The van der Waals surface area contributed by atoms with Crippen LogP contribution in [-0.4, -0.2) is 52.6 Å². The fraction of sp³-hybridized carbons (Fsp3) is 0.161. The minimum Gasteiger partial charge on any atom is -0.476 e. The molecule has 0 saturated heterocycles. The number of nitrogens with zero attached hydrogens (tertiary/aromatic N) is 4. The van der Waals surface area contributed by atoms with E-state index in [1.165, 1.54) is 53.2 Å². The summed E-state index contributed by atoms with van der Waals surface area (Å²) in [5.74, 6) is -1.37. The number of aromatic nitrogens is 3. The van der Waals surface area contributed by atoms with E-state index in [0.717, 1.165) is 6.07 Å². The number of hydrogen-bond donors (Lipinski definition) is 1. The highest BCUT2D eigenvalue weighted by molar-refractivity contribution is 6.04. The van der Waals surface area contributed by atoms with Crippen molar-refractivity contribution in [1.82, 2.24) is 19.4 Å². The molecule has 5 aromatic rings. The Labute approximate surface area is 240 Å². The second-order valence-corrected chi connectivity index (χ2v) is 9.68. The molecule has 3 heterocycles. The van der Waals surface area contributed by atoms with Crippen LogP contribution in [0.1, 0.15) is 16.1 Å². The predicted molar refractivity (Wildman–Crippen MR) is 155 cm³/mol. The van der Waals surface area contributed by atoms with E-state index in [2.05, 4.69) is 15.3 Å². The lowest BCUT2D eigenvalue weighted by Crippen LogP contribution is -2.29. The Hall–Kier alpha value is -5.16. The number of benzene rings is 2. The van der Waals surface area contributed by atoms with Gasteiger partial charge in [0, 0.05) is 48.0 Å². The summed E-state index contributed by atoms with van der Waals surface area (Å²) in [4.78, 5) is 36.9. The van der Waals surface area contributed by atoms with Crippen molar-refractivity contribution < 1.29 is 23.0 Å². The molecule has 11 heteroatoms. The number of nitrogens with one attached hydrogen (secondary N) is 1. The molecule has 5 rings (SSSR count). The van der Waals surface area contributed by atoms with Crippen molar-refractivity contribution in [2.45, 2.75) is 6.92 Å². The molecule has 0 radical (unpaired) electrons. The highest BCUT2D eigenvalue weighted by atomic mass is 19.1. The van der Waals surface area contributed by atoms with Crippen LogP contribution in [-0.2, 0) is 0 Å². The standard InChI is InChI=1S/C31H27F2N5O4/c1-19-4-10-23(31(40)38(19)22-8-5-20(32)6-9-22)30(39)35-21-7-12-26(24(33)18-21)42-27-14-15-34-25-11-13-28(36-29(25)27)41-17-16-37(2)3/h4-15,18H,16-17H2,1-3H3,(H,35,39). The Balaban J connectivity index is 1.35. The number of hydrogen-bond acceptors (Lipinski definition) is 7. The van der Waals surface area contributed by atoms with Crippen molar-refractivity contribution in [3.05, 3.63) is 112 Å². The summed E-state index contributed by atoms with van der Waals surface area (Å²) in [6, 6.07) is 17.2. The topological polar surface area (TPSA) is 98.6 Å². The van der Waals surface area contributed by atoms with Crippen molar-refractivity contribution in [3.8, 4) is 23.1 Å². The third-order valence-corrected chi connectivity index (χ3v) is 6.33. The van der Waals surface area contributed by atoms with E-state index in [-0.39, 0.29) is 22.7 Å². The zero-order valence-corrected chi connectivity index (χ0v) is 23.1. The molecule has 42 heavy (non-hydrogen) atoms. The van der Waals surface area contributed by atoms with Gasteiger partial charge in [-0.15, -0.1) is 0 Å². The number of likely N-dealkylation sites (N-methyl/N-ethyl adjacent to an activating group) is 1. The zero-order chi connectivity index (χ0) is 29.8. The number of anilines is 1. The first kappa shape index (κ1) is 28.4. The van der Waals surface area contributed by atoms with Gasteiger partial charge in [-0.05, 0) is 75.6 Å². The number of halogens is 2. The Bertz CT molecular complexity index is 1820. The molecular formula is C31H27F2N5O4. The number of aryl methyl sites for hydroxylation is 1. The van der Waals surface area contributed by atoms with Crippen molar-refractivity contribution in [2.24, 2.45) is 0 Å². The molecule has 2 aromatic carbocycles. The van der Waals surface area contributed by atoms with Crippen LogP contribution in [0.15, 0.2) is 83.8 Å². The Morgan fingerprint density at radius 2 is 1.76 bits per heavy atom. The van der Waals surface area contributed by atoms with Gasteiger partial charge < -0.3 is 19.7 Å². The highest BCUT2D eigenvalue weighted by Gasteiger charge is 2.17. The summed E-state index contributed by atoms with van der Waals surface area (Å²) in [6.45, 7) is 2.84. The van der Waals surface area contributed by atoms with Crippen LogP contribution in [0.25, 0.3) is 16.7 Å². The molecule has 214 valence electrons. The molecule has 0 atom stereocenters. The predicted octanol–water partition coefficient (Wildman–Crippen LogP) is 5.35. The maximum atomic E-state index is 15.1. The smallest absolute Gasteiger partial charge is 0.268 e. The first-order chi connectivity index (χ1) is 20.2. The molecule has 0 unspecified atom stereocenters. The summed E-state index contributed by atoms with van der Waals surface area (Å²) in [7, 11) is 3.87. The van der Waals surface area contributed by atoms with Crippen LogP contribution in [0.3, 0.4) is 0 Å². The second kappa shape index (κ2) is 12.1. The van der Waals surface area contributed by atoms with E-state index < -0.39 is 23.1 Å². The number of ether oxygens (including phenoxy) is 2. The largest absolute Gasteiger partial charge is 0.476 e. The minimum atomic E-state index is -0.747. The van der Waals surface area contributed by atoms with E-state index in [9.17, 15) is 14.0 Å². The van der Waals surface area contributed by atoms with Crippen molar-refractivity contribution >= 4 is 22.6 Å². The molecule has 0 fully saturated rings. The van der Waals surface area contributed by atoms with Gasteiger partial charge in [-0.2, -0.15) is 0 Å². The van der Waals surface area contributed by atoms with E-state index in [1.54, 1.807) is 31.2 Å². The summed E-state index contributed by atoms with van der Waals surface area (Å²) >= 11 is 0. The molecule has 1 amide bonds. The molecule has 1 N–H and O–H groups in total. The van der Waals surface area contributed by atoms with E-state index in [1.807, 2.05) is 19.0 Å². The monoisotopic (exact) mass is 571 g/mol. The summed E-state index contributed by atoms with van der Waals surface area (Å²) in [5.41, 5.74) is 1.26. The molecule has 0 aliphatic carbocycles. The van der Waals surface area contributed by atoms with E-state index in [0.29, 0.717) is 41.4 Å². The number of amides is 1. The lowest BCUT2D eigenvalue weighted by Gasteiger charge is -2.13. The summed E-state index contributed by atoms with van der Waals surface area (Å²) in [5, 5.41) is 2.55. The van der Waals surface area contributed by atoms with Gasteiger partial charge >= 0.3 is 0 Å². The molecule has 3 aromatic heterocycles. The number of fused-ring (bicyclic) bond motifs is 1. The van der Waals surface area contributed by atoms with Gasteiger partial charge in [0.25, 0.3) is 11.5 Å². The van der Waals surface area contributed by atoms with Gasteiger partial charge in [0.1, 0.15) is 23.5 Å². The Morgan fingerprint density at radius 3 is 2.50 bits per heavy atom. The van der Waals surface area contributed by atoms with Gasteiger partial charge in [-0.25, -0.2) is 13.8 Å². The molecule has 0 saturated carbocycles. The fourth-order valence-corrected chi connectivity index (χ4v) is 4.17. The number of carbonyl (C=O) groups excluding carboxylic acids is 1. The zero-order valence-electron chi connectivity index (χ0n) is 23.1. The lowest BCUT2D eigenvalue weighted by molar-refractivity contribution is 0.102.